The molecule has 0 radical (unpaired) electrons. The third kappa shape index (κ3) is 5.12. The molecule has 0 amide bonds. The molecule has 0 fully saturated rings. The van der Waals surface area contributed by atoms with Gasteiger partial charge in [0.05, 0.1) is 6.17 Å². The van der Waals surface area contributed by atoms with E-state index in [4.69, 9.17) is 10.7 Å². The smallest absolute Gasteiger partial charge is 0.127 e. The zero-order valence-electron chi connectivity index (χ0n) is 25.3. The molecule has 0 saturated carbocycles. The molecule has 46 heavy (non-hydrogen) atoms. The monoisotopic (exact) mass is 591 g/mol. The first kappa shape index (κ1) is 27.9. The summed E-state index contributed by atoms with van der Waals surface area (Å²) < 4.78 is 0. The highest BCUT2D eigenvalue weighted by atomic mass is 15.1. The average Bonchev–Trinajstić information content (AvgIpc) is 3.12. The fraction of sp³-hybridized carbons (Fsp3) is 0.0465. The van der Waals surface area contributed by atoms with Gasteiger partial charge in [-0.3, -0.25) is 10.3 Å². The Kier molecular flexibility index (Phi) is 7.31. The number of rotatable bonds is 7. The van der Waals surface area contributed by atoms with E-state index in [2.05, 4.69) is 157 Å². The zero-order valence-corrected chi connectivity index (χ0v) is 25.3. The molecule has 220 valence electrons. The van der Waals surface area contributed by atoms with E-state index in [0.717, 1.165) is 22.3 Å². The van der Waals surface area contributed by atoms with E-state index in [1.165, 1.54) is 48.7 Å². The minimum atomic E-state index is -0.422. The summed E-state index contributed by atoms with van der Waals surface area (Å²) in [6.45, 7) is 0. The van der Waals surface area contributed by atoms with Gasteiger partial charge in [-0.25, -0.2) is 0 Å². The number of nitrogens with two attached hydrogens (primary N) is 1. The second kappa shape index (κ2) is 12.1. The first-order valence-electron chi connectivity index (χ1n) is 15.7. The highest BCUT2D eigenvalue weighted by molar-refractivity contribution is 6.21. The van der Waals surface area contributed by atoms with Gasteiger partial charge >= 0.3 is 0 Å². The van der Waals surface area contributed by atoms with Crippen LogP contribution < -0.4 is 11.1 Å². The molecule has 0 heterocycles. The van der Waals surface area contributed by atoms with Crippen molar-refractivity contribution in [1.82, 2.24) is 5.32 Å². The van der Waals surface area contributed by atoms with E-state index >= 15 is 0 Å². The van der Waals surface area contributed by atoms with Crippen LogP contribution in [-0.4, -0.2) is 6.21 Å². The molecule has 0 aliphatic rings. The summed E-state index contributed by atoms with van der Waals surface area (Å²) in [6.07, 6.45) is 1.22. The molecular formula is C43H33N3. The molecular weight excluding hydrogens is 558 g/mol. The summed E-state index contributed by atoms with van der Waals surface area (Å²) in [5, 5.41) is 13.3. The van der Waals surface area contributed by atoms with Crippen molar-refractivity contribution >= 4 is 49.3 Å². The minimum Gasteiger partial charge on any atom is -0.312 e. The third-order valence-electron chi connectivity index (χ3n) is 8.98. The van der Waals surface area contributed by atoms with Gasteiger partial charge in [0.15, 0.2) is 0 Å². The predicted octanol–water partition coefficient (Wildman–Crippen LogP) is 10.3. The average molecular weight is 592 g/mol. The highest BCUT2D eigenvalue weighted by Gasteiger charge is 2.20. The summed E-state index contributed by atoms with van der Waals surface area (Å²) in [6, 6.07) is 57.6. The Morgan fingerprint density at radius 3 is 1.91 bits per heavy atom. The van der Waals surface area contributed by atoms with Crippen LogP contribution in [0.15, 0.2) is 169 Å². The molecule has 0 saturated heterocycles. The molecule has 2 unspecified atom stereocenters. The Hall–Kier alpha value is -5.61. The Bertz CT molecular complexity index is 2370. The zero-order chi connectivity index (χ0) is 30.9. The van der Waals surface area contributed by atoms with Crippen LogP contribution in [0.25, 0.3) is 54.2 Å². The van der Waals surface area contributed by atoms with Crippen molar-refractivity contribution in [3.05, 3.63) is 180 Å². The summed E-state index contributed by atoms with van der Waals surface area (Å²) in [5.74, 6) is 0. The second-order valence-electron chi connectivity index (χ2n) is 11.7. The standard InChI is InChI=1S/C43H33N3/c44-42(31-15-2-1-3-16-31)46-43(39-23-11-10-22-38(39)37-24-12-18-29-13-4-7-19-34(29)37)45-28-40-35-20-8-6-17-32(35)27-33-26-25-30-14-5-9-21-36(30)41(33)40/h1-28,42-43,46H,44H2/b45-28+. The fourth-order valence-electron chi connectivity index (χ4n) is 6.74. The Balaban J connectivity index is 1.34. The van der Waals surface area contributed by atoms with Crippen LogP contribution in [0.5, 0.6) is 0 Å². The van der Waals surface area contributed by atoms with E-state index in [0.29, 0.717) is 0 Å². The summed E-state index contributed by atoms with van der Waals surface area (Å²) in [5.41, 5.74) is 12.3. The molecule has 2 atom stereocenters. The van der Waals surface area contributed by atoms with Crippen molar-refractivity contribution in [3.8, 4) is 11.1 Å². The summed E-state index contributed by atoms with van der Waals surface area (Å²) in [4.78, 5) is 5.39. The van der Waals surface area contributed by atoms with Crippen molar-refractivity contribution in [1.29, 1.82) is 0 Å². The largest absolute Gasteiger partial charge is 0.312 e. The number of hydrogen-bond acceptors (Lipinski definition) is 3. The third-order valence-corrected chi connectivity index (χ3v) is 8.98. The molecule has 8 aromatic rings. The molecule has 3 heteroatoms. The SMILES string of the molecule is NC(NC(/N=C/c1c2ccccc2cc2ccc3ccccc3c12)c1ccccc1-c1cccc2ccccc12)c1ccccc1. The molecule has 0 bridgehead atoms. The number of nitrogens with zero attached hydrogens (tertiary/aromatic N) is 1. The molecule has 3 N–H and O–H groups in total. The van der Waals surface area contributed by atoms with E-state index in [1.807, 2.05) is 18.2 Å². The number of aliphatic imine (C=N–C) groups is 1. The fourth-order valence-corrected chi connectivity index (χ4v) is 6.74. The number of hydrogen-bond donors (Lipinski definition) is 2. The normalized spacial score (nSPS) is 13.2. The summed E-state index contributed by atoms with van der Waals surface area (Å²) >= 11 is 0. The molecule has 8 aromatic carbocycles. The maximum absolute atomic E-state index is 6.85. The van der Waals surface area contributed by atoms with Crippen LogP contribution in [0, 0.1) is 0 Å². The molecule has 0 aromatic heterocycles. The number of fused-ring (bicyclic) bond motifs is 5. The lowest BCUT2D eigenvalue weighted by atomic mass is 9.92. The van der Waals surface area contributed by atoms with Gasteiger partial charge in [-0.2, -0.15) is 0 Å². The van der Waals surface area contributed by atoms with E-state index in [-0.39, 0.29) is 0 Å². The maximum atomic E-state index is 6.85. The van der Waals surface area contributed by atoms with E-state index < -0.39 is 12.3 Å². The van der Waals surface area contributed by atoms with E-state index in [1.54, 1.807) is 0 Å². The van der Waals surface area contributed by atoms with Crippen LogP contribution >= 0.6 is 0 Å². The quantitative estimate of drug-likeness (QED) is 0.0838. The van der Waals surface area contributed by atoms with Crippen molar-refractivity contribution in [2.24, 2.45) is 10.7 Å². The van der Waals surface area contributed by atoms with Crippen molar-refractivity contribution in [3.63, 3.8) is 0 Å². The van der Waals surface area contributed by atoms with Gasteiger partial charge in [0, 0.05) is 11.8 Å². The summed E-state index contributed by atoms with van der Waals surface area (Å²) in [7, 11) is 0. The highest BCUT2D eigenvalue weighted by Crippen LogP contribution is 2.36. The number of benzene rings is 8. The molecule has 3 nitrogen and oxygen atoms in total. The Labute approximate surface area is 268 Å². The van der Waals surface area contributed by atoms with Gasteiger partial charge in [-0.1, -0.05) is 158 Å². The van der Waals surface area contributed by atoms with Crippen LogP contribution in [0.3, 0.4) is 0 Å². The van der Waals surface area contributed by atoms with Crippen LogP contribution in [0.4, 0.5) is 0 Å². The van der Waals surface area contributed by atoms with Gasteiger partial charge < -0.3 is 5.73 Å². The van der Waals surface area contributed by atoms with Gasteiger partial charge in [0.1, 0.15) is 6.17 Å². The Morgan fingerprint density at radius 2 is 1.09 bits per heavy atom. The van der Waals surface area contributed by atoms with Gasteiger partial charge in [-0.05, 0) is 71.4 Å². The van der Waals surface area contributed by atoms with Gasteiger partial charge in [0.25, 0.3) is 0 Å². The van der Waals surface area contributed by atoms with Gasteiger partial charge in [-0.15, -0.1) is 0 Å². The van der Waals surface area contributed by atoms with Crippen molar-refractivity contribution in [2.75, 3.05) is 0 Å². The van der Waals surface area contributed by atoms with Gasteiger partial charge in [0.2, 0.25) is 0 Å². The lowest BCUT2D eigenvalue weighted by molar-refractivity contribution is 0.468. The Morgan fingerprint density at radius 1 is 0.500 bits per heavy atom. The maximum Gasteiger partial charge on any atom is 0.127 e. The lowest BCUT2D eigenvalue weighted by Crippen LogP contribution is -2.32. The topological polar surface area (TPSA) is 50.4 Å². The van der Waals surface area contributed by atoms with Crippen molar-refractivity contribution < 1.29 is 0 Å². The van der Waals surface area contributed by atoms with Crippen LogP contribution in [-0.2, 0) is 0 Å². The van der Waals surface area contributed by atoms with E-state index in [9.17, 15) is 0 Å². The van der Waals surface area contributed by atoms with Crippen LogP contribution in [0.1, 0.15) is 29.0 Å². The van der Waals surface area contributed by atoms with Crippen molar-refractivity contribution in [2.45, 2.75) is 12.3 Å². The molecule has 0 aliphatic heterocycles. The van der Waals surface area contributed by atoms with Crippen LogP contribution in [0.2, 0.25) is 0 Å². The molecule has 0 aliphatic carbocycles. The number of nitrogens with one attached hydrogen (secondary N) is 1. The minimum absolute atomic E-state index is 0.422. The predicted molar refractivity (Wildman–Crippen MR) is 195 cm³/mol. The second-order valence-corrected chi connectivity index (χ2v) is 11.7. The first-order chi connectivity index (χ1) is 22.7. The molecule has 0 spiro atoms. The lowest BCUT2D eigenvalue weighted by Gasteiger charge is -2.24. The first-order valence-corrected chi connectivity index (χ1v) is 15.7. The molecule has 8 rings (SSSR count).